The predicted molar refractivity (Wildman–Crippen MR) is 71.3 cm³/mol. The van der Waals surface area contributed by atoms with Crippen LogP contribution in [-0.2, 0) is 0 Å². The van der Waals surface area contributed by atoms with Crippen molar-refractivity contribution in [2.24, 2.45) is 0 Å². The molecule has 0 radical (unpaired) electrons. The second kappa shape index (κ2) is 5.16. The van der Waals surface area contributed by atoms with Gasteiger partial charge in [0, 0.05) is 12.3 Å². The summed E-state index contributed by atoms with van der Waals surface area (Å²) < 4.78 is 6.37. The van der Waals surface area contributed by atoms with E-state index in [2.05, 4.69) is 32.6 Å². The molecule has 1 aromatic heterocycles. The van der Waals surface area contributed by atoms with Crippen LogP contribution in [0.2, 0.25) is 10.0 Å². The smallest absolute Gasteiger partial charge is 0.235 e. The van der Waals surface area contributed by atoms with Gasteiger partial charge in [-0.05, 0) is 34.7 Å². The van der Waals surface area contributed by atoms with E-state index in [-0.39, 0.29) is 0 Å². The Balaban J connectivity index is 2.28. The number of ether oxygens (including phenoxy) is 1. The molecular weight excluding hydrogens is 362 g/mol. The molecule has 0 saturated carbocycles. The molecule has 0 fully saturated rings. The number of rotatable bonds is 2. The lowest BCUT2D eigenvalue weighted by atomic mass is 10.3. The SMILES string of the molecule is Clc1ccc(Oc2ncncc2I)cc1Cl. The summed E-state index contributed by atoms with van der Waals surface area (Å²) in [6.07, 6.45) is 3.09. The molecule has 2 aromatic rings. The van der Waals surface area contributed by atoms with Gasteiger partial charge in [-0.3, -0.25) is 0 Å². The zero-order valence-electron chi connectivity index (χ0n) is 7.82. The van der Waals surface area contributed by atoms with Crippen LogP contribution >= 0.6 is 45.8 Å². The molecule has 0 spiro atoms. The van der Waals surface area contributed by atoms with Gasteiger partial charge in [0.05, 0.1) is 13.6 Å². The number of aromatic nitrogens is 2. The van der Waals surface area contributed by atoms with Gasteiger partial charge in [-0.2, -0.15) is 0 Å². The Labute approximate surface area is 116 Å². The van der Waals surface area contributed by atoms with Crippen molar-refractivity contribution < 1.29 is 4.74 Å². The first-order valence-electron chi connectivity index (χ1n) is 4.25. The maximum Gasteiger partial charge on any atom is 0.235 e. The highest BCUT2D eigenvalue weighted by molar-refractivity contribution is 14.1. The average molecular weight is 367 g/mol. The summed E-state index contributed by atoms with van der Waals surface area (Å²) in [5.74, 6) is 1.08. The van der Waals surface area contributed by atoms with Crippen LogP contribution in [0.15, 0.2) is 30.7 Å². The van der Waals surface area contributed by atoms with Gasteiger partial charge < -0.3 is 4.74 Å². The highest BCUT2D eigenvalue weighted by Crippen LogP contribution is 2.29. The number of nitrogens with zero attached hydrogens (tertiary/aromatic N) is 2. The molecule has 0 N–H and O–H groups in total. The van der Waals surface area contributed by atoms with Crippen LogP contribution in [0, 0.1) is 3.57 Å². The van der Waals surface area contributed by atoms with Gasteiger partial charge in [0.15, 0.2) is 0 Å². The van der Waals surface area contributed by atoms with Gasteiger partial charge in [-0.1, -0.05) is 23.2 Å². The van der Waals surface area contributed by atoms with Gasteiger partial charge in [-0.15, -0.1) is 0 Å². The lowest BCUT2D eigenvalue weighted by Gasteiger charge is -2.06. The molecule has 0 unspecified atom stereocenters. The van der Waals surface area contributed by atoms with E-state index in [1.807, 2.05) is 0 Å². The molecule has 2 rings (SSSR count). The first-order valence-corrected chi connectivity index (χ1v) is 6.08. The van der Waals surface area contributed by atoms with Crippen molar-refractivity contribution >= 4 is 45.8 Å². The molecule has 0 saturated heterocycles. The van der Waals surface area contributed by atoms with Gasteiger partial charge in [0.2, 0.25) is 5.88 Å². The zero-order valence-corrected chi connectivity index (χ0v) is 11.5. The van der Waals surface area contributed by atoms with E-state index in [4.69, 9.17) is 27.9 Å². The minimum Gasteiger partial charge on any atom is -0.438 e. The predicted octanol–water partition coefficient (Wildman–Crippen LogP) is 4.18. The molecule has 16 heavy (non-hydrogen) atoms. The van der Waals surface area contributed by atoms with Gasteiger partial charge in [-0.25, -0.2) is 9.97 Å². The third kappa shape index (κ3) is 2.75. The summed E-state index contributed by atoms with van der Waals surface area (Å²) in [5.41, 5.74) is 0. The van der Waals surface area contributed by atoms with Crippen molar-refractivity contribution in [1.82, 2.24) is 9.97 Å². The molecule has 0 aliphatic heterocycles. The fourth-order valence-corrected chi connectivity index (χ4v) is 1.73. The summed E-state index contributed by atoms with van der Waals surface area (Å²) >= 11 is 13.8. The van der Waals surface area contributed by atoms with Crippen LogP contribution in [0.1, 0.15) is 0 Å². The molecule has 6 heteroatoms. The Morgan fingerprint density at radius 1 is 1.19 bits per heavy atom. The lowest BCUT2D eigenvalue weighted by Crippen LogP contribution is -1.91. The zero-order chi connectivity index (χ0) is 11.5. The fraction of sp³-hybridized carbons (Fsp3) is 0. The van der Waals surface area contributed by atoms with E-state index in [1.165, 1.54) is 6.33 Å². The molecule has 0 bridgehead atoms. The molecule has 1 aromatic carbocycles. The molecule has 0 aliphatic rings. The monoisotopic (exact) mass is 366 g/mol. The van der Waals surface area contributed by atoms with Crippen molar-refractivity contribution in [2.75, 3.05) is 0 Å². The van der Waals surface area contributed by atoms with Crippen LogP contribution in [0.4, 0.5) is 0 Å². The highest BCUT2D eigenvalue weighted by Gasteiger charge is 2.05. The first-order chi connectivity index (χ1) is 7.66. The summed E-state index contributed by atoms with van der Waals surface area (Å²) in [7, 11) is 0. The van der Waals surface area contributed by atoms with E-state index >= 15 is 0 Å². The topological polar surface area (TPSA) is 35.0 Å². The average Bonchev–Trinajstić information content (AvgIpc) is 2.27. The lowest BCUT2D eigenvalue weighted by molar-refractivity contribution is 0.457. The summed E-state index contributed by atoms with van der Waals surface area (Å²) in [6.45, 7) is 0. The van der Waals surface area contributed by atoms with Crippen LogP contribution in [0.3, 0.4) is 0 Å². The highest BCUT2D eigenvalue weighted by atomic mass is 127. The standard InChI is InChI=1S/C10H5Cl2IN2O/c11-7-2-1-6(3-8(7)12)16-10-9(13)4-14-5-15-10/h1-5H. The molecule has 1 heterocycles. The largest absolute Gasteiger partial charge is 0.438 e. The van der Waals surface area contributed by atoms with E-state index in [9.17, 15) is 0 Å². The third-order valence-electron chi connectivity index (χ3n) is 1.74. The van der Waals surface area contributed by atoms with Crippen molar-refractivity contribution in [3.63, 3.8) is 0 Å². The summed E-state index contributed by atoms with van der Waals surface area (Å²) in [6, 6.07) is 5.04. The molecule has 3 nitrogen and oxygen atoms in total. The van der Waals surface area contributed by atoms with Gasteiger partial charge in [0.1, 0.15) is 12.1 Å². The first kappa shape index (κ1) is 11.9. The van der Waals surface area contributed by atoms with Crippen molar-refractivity contribution in [1.29, 1.82) is 0 Å². The maximum atomic E-state index is 5.87. The number of hydrogen-bond acceptors (Lipinski definition) is 3. The third-order valence-corrected chi connectivity index (χ3v) is 3.22. The summed E-state index contributed by atoms with van der Waals surface area (Å²) in [5, 5.41) is 0.939. The fourth-order valence-electron chi connectivity index (χ4n) is 1.03. The Bertz CT molecular complexity index is 522. The molecule has 82 valence electrons. The molecule has 0 aliphatic carbocycles. The molecule has 0 amide bonds. The summed E-state index contributed by atoms with van der Waals surface area (Å²) in [4.78, 5) is 7.88. The number of hydrogen-bond donors (Lipinski definition) is 0. The normalized spacial score (nSPS) is 10.2. The van der Waals surface area contributed by atoms with Crippen LogP contribution in [0.25, 0.3) is 0 Å². The van der Waals surface area contributed by atoms with Gasteiger partial charge in [0.25, 0.3) is 0 Å². The second-order valence-corrected chi connectivity index (χ2v) is 4.83. The molecular formula is C10H5Cl2IN2O. The second-order valence-electron chi connectivity index (χ2n) is 2.85. The van der Waals surface area contributed by atoms with E-state index in [1.54, 1.807) is 24.4 Å². The maximum absolute atomic E-state index is 5.87. The quantitative estimate of drug-likeness (QED) is 0.748. The van der Waals surface area contributed by atoms with Crippen molar-refractivity contribution in [3.05, 3.63) is 44.3 Å². The number of benzene rings is 1. The minimum atomic E-state index is 0.447. The number of halogens is 3. The van der Waals surface area contributed by atoms with Gasteiger partial charge >= 0.3 is 0 Å². The van der Waals surface area contributed by atoms with E-state index < -0.39 is 0 Å². The van der Waals surface area contributed by atoms with Crippen molar-refractivity contribution in [3.8, 4) is 11.6 Å². The Morgan fingerprint density at radius 2 is 2.00 bits per heavy atom. The Hall–Kier alpha value is -0.590. The van der Waals surface area contributed by atoms with Crippen LogP contribution in [-0.4, -0.2) is 9.97 Å². The van der Waals surface area contributed by atoms with E-state index in [0.717, 1.165) is 3.57 Å². The van der Waals surface area contributed by atoms with Crippen LogP contribution < -0.4 is 4.74 Å². The van der Waals surface area contributed by atoms with Crippen molar-refractivity contribution in [2.45, 2.75) is 0 Å². The van der Waals surface area contributed by atoms with E-state index in [0.29, 0.717) is 21.7 Å². The Morgan fingerprint density at radius 3 is 2.69 bits per heavy atom. The molecule has 0 atom stereocenters. The Kier molecular flexibility index (Phi) is 3.83. The van der Waals surface area contributed by atoms with Crippen LogP contribution in [0.5, 0.6) is 11.6 Å². The minimum absolute atomic E-state index is 0.447.